The average molecular weight is 662 g/mol. The molecule has 0 bridgehead atoms. The van der Waals surface area contributed by atoms with Gasteiger partial charge in [-0.05, 0) is 85.0 Å². The number of benzene rings is 4. The van der Waals surface area contributed by atoms with Crippen molar-refractivity contribution in [2.45, 2.75) is 37.0 Å². The molecule has 1 amide bonds. The number of methoxy groups -OCH3 is 1. The molecular weight excluding hydrogens is 622 g/mol. The first-order valence-electron chi connectivity index (χ1n) is 15.3. The summed E-state index contributed by atoms with van der Waals surface area (Å²) >= 11 is 6.02. The first-order valence-corrected chi connectivity index (χ1v) is 17.2. The second-order valence-corrected chi connectivity index (χ2v) is 13.8. The number of hydrogen-bond donors (Lipinski definition) is 2. The van der Waals surface area contributed by atoms with E-state index in [1.165, 1.54) is 0 Å². The van der Waals surface area contributed by atoms with Gasteiger partial charge in [0, 0.05) is 54.6 Å². The van der Waals surface area contributed by atoms with Gasteiger partial charge < -0.3 is 19.7 Å². The molecule has 0 spiro atoms. The van der Waals surface area contributed by atoms with Gasteiger partial charge in [0.25, 0.3) is 0 Å². The lowest BCUT2D eigenvalue weighted by Gasteiger charge is -2.17. The van der Waals surface area contributed by atoms with Crippen LogP contribution >= 0.6 is 11.6 Å². The van der Waals surface area contributed by atoms with Crippen molar-refractivity contribution in [1.82, 2.24) is 10.0 Å². The maximum Gasteiger partial charge on any atom is 0.241 e. The van der Waals surface area contributed by atoms with Crippen molar-refractivity contribution >= 4 is 49.6 Å². The molecule has 0 heterocycles. The molecular formula is C36H40ClN3O5S. The Bertz CT molecular complexity index is 1860. The van der Waals surface area contributed by atoms with Crippen molar-refractivity contribution in [3.05, 3.63) is 101 Å². The number of ether oxygens (including phenoxy) is 2. The summed E-state index contributed by atoms with van der Waals surface area (Å²) in [5.41, 5.74) is 5.12. The molecule has 0 fully saturated rings. The second-order valence-electron chi connectivity index (χ2n) is 11.6. The summed E-state index contributed by atoms with van der Waals surface area (Å²) in [7, 11) is 1.79. The lowest BCUT2D eigenvalue weighted by Crippen LogP contribution is -2.27. The lowest BCUT2D eigenvalue weighted by atomic mass is 9.97. The summed E-state index contributed by atoms with van der Waals surface area (Å²) < 4.78 is 40.7. The Balaban J connectivity index is 1.15. The van der Waals surface area contributed by atoms with Crippen LogP contribution in [0.4, 0.5) is 5.69 Å². The molecule has 5 rings (SSSR count). The van der Waals surface area contributed by atoms with Gasteiger partial charge in [-0.3, -0.25) is 4.79 Å². The van der Waals surface area contributed by atoms with Crippen LogP contribution in [0.25, 0.3) is 16.3 Å². The molecule has 10 heteroatoms. The van der Waals surface area contributed by atoms with E-state index in [2.05, 4.69) is 10.0 Å². The number of unbranched alkanes of at least 4 members (excludes halogenated alkanes) is 1. The van der Waals surface area contributed by atoms with E-state index in [-0.39, 0.29) is 29.7 Å². The van der Waals surface area contributed by atoms with Gasteiger partial charge in [0.05, 0.1) is 25.0 Å². The molecule has 4 aromatic carbocycles. The van der Waals surface area contributed by atoms with Crippen molar-refractivity contribution in [2.24, 2.45) is 0 Å². The van der Waals surface area contributed by atoms with Gasteiger partial charge in [-0.15, -0.1) is 0 Å². The highest BCUT2D eigenvalue weighted by Crippen LogP contribution is 2.45. The highest BCUT2D eigenvalue weighted by atomic mass is 35.5. The minimum Gasteiger partial charge on any atom is -0.497 e. The number of anilines is 1. The third-order valence-corrected chi connectivity index (χ3v) is 10.1. The van der Waals surface area contributed by atoms with Crippen molar-refractivity contribution in [3.8, 4) is 11.5 Å². The van der Waals surface area contributed by atoms with Gasteiger partial charge in [-0.1, -0.05) is 47.5 Å². The number of fused-ring (bicyclic) bond motifs is 2. The molecule has 4 aromatic rings. The van der Waals surface area contributed by atoms with Crippen LogP contribution < -0.4 is 24.4 Å². The van der Waals surface area contributed by atoms with Gasteiger partial charge in [0.1, 0.15) is 11.5 Å². The molecule has 242 valence electrons. The van der Waals surface area contributed by atoms with Crippen LogP contribution in [-0.2, 0) is 14.8 Å². The first-order chi connectivity index (χ1) is 22.1. The Hall–Kier alpha value is -4.05. The van der Waals surface area contributed by atoms with Crippen LogP contribution in [0.1, 0.15) is 43.2 Å². The van der Waals surface area contributed by atoms with E-state index in [1.54, 1.807) is 31.4 Å². The van der Waals surface area contributed by atoms with Crippen LogP contribution in [0.5, 0.6) is 11.5 Å². The topological polar surface area (TPSA) is 97.0 Å². The predicted octanol–water partition coefficient (Wildman–Crippen LogP) is 6.78. The Kier molecular flexibility index (Phi) is 10.6. The lowest BCUT2D eigenvalue weighted by molar-refractivity contribution is -0.120. The largest absolute Gasteiger partial charge is 0.497 e. The van der Waals surface area contributed by atoms with Gasteiger partial charge in [-0.25, -0.2) is 13.1 Å². The summed E-state index contributed by atoms with van der Waals surface area (Å²) in [4.78, 5) is 15.3. The fourth-order valence-electron chi connectivity index (χ4n) is 5.92. The van der Waals surface area contributed by atoms with Crippen LogP contribution in [0.2, 0.25) is 5.02 Å². The molecule has 2 N–H and O–H groups in total. The van der Waals surface area contributed by atoms with E-state index in [0.29, 0.717) is 36.4 Å². The molecule has 0 saturated carbocycles. The van der Waals surface area contributed by atoms with Crippen molar-refractivity contribution in [3.63, 3.8) is 0 Å². The van der Waals surface area contributed by atoms with Crippen molar-refractivity contribution < 1.29 is 22.7 Å². The molecule has 0 aliphatic heterocycles. The molecule has 1 aliphatic carbocycles. The molecule has 1 unspecified atom stereocenters. The Morgan fingerprint density at radius 2 is 1.61 bits per heavy atom. The Labute approximate surface area is 276 Å². The predicted molar refractivity (Wildman–Crippen MR) is 186 cm³/mol. The van der Waals surface area contributed by atoms with E-state index < -0.39 is 10.0 Å². The van der Waals surface area contributed by atoms with Gasteiger partial charge in [0.15, 0.2) is 0 Å². The third kappa shape index (κ3) is 7.49. The van der Waals surface area contributed by atoms with Crippen molar-refractivity contribution in [2.75, 3.05) is 45.8 Å². The summed E-state index contributed by atoms with van der Waals surface area (Å²) in [6.07, 6.45) is 1.44. The first kappa shape index (κ1) is 33.3. The summed E-state index contributed by atoms with van der Waals surface area (Å²) in [5, 5.41) is 5.22. The molecule has 0 saturated heterocycles. The van der Waals surface area contributed by atoms with E-state index in [9.17, 15) is 13.2 Å². The number of nitrogens with zero attached hydrogens (tertiary/aromatic N) is 1. The Morgan fingerprint density at radius 1 is 0.913 bits per heavy atom. The van der Waals surface area contributed by atoms with Crippen molar-refractivity contribution in [1.29, 1.82) is 0 Å². The number of hydrogen-bond acceptors (Lipinski definition) is 6. The fraction of sp³-hybridized carbons (Fsp3) is 0.306. The monoisotopic (exact) mass is 661 g/mol. The highest BCUT2D eigenvalue weighted by molar-refractivity contribution is 7.89. The standard InChI is InChI=1S/C36H40ClN3O5S/c1-24-31(32-21-27(44-4)17-18-28(32)33(24)23-45-26-15-13-25(37)14-16-26)22-36(41)38-19-5-6-20-39-46(42,43)35-12-8-9-29-30(35)10-7-11-34(29)40(2)3/h7-18,21,33,39H,5-6,19-20,22-23H2,1-4H3,(H,38,41). The fourth-order valence-corrected chi connectivity index (χ4v) is 7.34. The van der Waals surface area contributed by atoms with Gasteiger partial charge in [-0.2, -0.15) is 0 Å². The number of nitrogens with one attached hydrogen (secondary N) is 2. The number of rotatable bonds is 14. The third-order valence-electron chi connectivity index (χ3n) is 8.38. The normalized spacial score (nSPS) is 14.3. The minimum atomic E-state index is -3.71. The SMILES string of the molecule is COc1ccc2c(c1)C(CC(=O)NCCCCNS(=O)(=O)c1cccc3c(N(C)C)cccc13)=C(C)C2COc1ccc(Cl)cc1. The van der Waals surface area contributed by atoms with Crippen LogP contribution in [-0.4, -0.2) is 55.2 Å². The summed E-state index contributed by atoms with van der Waals surface area (Å²) in [5.74, 6) is 1.38. The number of carbonyl (C=O) groups is 1. The maximum absolute atomic E-state index is 13.2. The second kappa shape index (κ2) is 14.6. The zero-order chi connectivity index (χ0) is 32.8. The van der Waals surface area contributed by atoms with Gasteiger partial charge >= 0.3 is 0 Å². The molecule has 1 aliphatic rings. The minimum absolute atomic E-state index is 0.00335. The zero-order valence-electron chi connectivity index (χ0n) is 26.6. The average Bonchev–Trinajstić information content (AvgIpc) is 3.30. The highest BCUT2D eigenvalue weighted by Gasteiger charge is 2.30. The summed E-state index contributed by atoms with van der Waals surface area (Å²) in [6.45, 7) is 3.20. The zero-order valence-corrected chi connectivity index (χ0v) is 28.2. The van der Waals surface area contributed by atoms with E-state index in [1.807, 2.05) is 80.5 Å². The van der Waals surface area contributed by atoms with E-state index in [0.717, 1.165) is 44.8 Å². The summed E-state index contributed by atoms with van der Waals surface area (Å²) in [6, 6.07) is 24.2. The van der Waals surface area contributed by atoms with Gasteiger partial charge in [0.2, 0.25) is 15.9 Å². The van der Waals surface area contributed by atoms with E-state index in [4.69, 9.17) is 21.1 Å². The van der Waals surface area contributed by atoms with Crippen LogP contribution in [0.15, 0.2) is 89.3 Å². The molecule has 8 nitrogen and oxygen atoms in total. The smallest absolute Gasteiger partial charge is 0.241 e. The molecule has 0 radical (unpaired) electrons. The molecule has 46 heavy (non-hydrogen) atoms. The number of sulfonamides is 1. The quantitative estimate of drug-likeness (QED) is 0.145. The van der Waals surface area contributed by atoms with Crippen LogP contribution in [0.3, 0.4) is 0 Å². The maximum atomic E-state index is 13.2. The molecule has 1 atom stereocenters. The Morgan fingerprint density at radius 3 is 2.35 bits per heavy atom. The van der Waals surface area contributed by atoms with Crippen LogP contribution in [0, 0.1) is 0 Å². The number of halogens is 1. The number of carbonyl (C=O) groups excluding carboxylic acids is 1. The number of amides is 1. The van der Waals surface area contributed by atoms with E-state index >= 15 is 0 Å². The molecule has 0 aromatic heterocycles.